The number of hydrogen-bond acceptors (Lipinski definition) is 3. The number of hydrogen-bond donors (Lipinski definition) is 1. The van der Waals surface area contributed by atoms with Gasteiger partial charge >= 0.3 is 0 Å². The lowest BCUT2D eigenvalue weighted by molar-refractivity contribution is 0.609. The molecule has 4 nitrogen and oxygen atoms in total. The highest BCUT2D eigenvalue weighted by atomic mass is 79.9. The topological polar surface area (TPSA) is 62.8 Å². The second kappa shape index (κ2) is 3.77. The van der Waals surface area contributed by atoms with Crippen LogP contribution in [0.1, 0.15) is 5.69 Å². The maximum Gasteiger partial charge on any atom is 0.261 e. The molecule has 0 atom stereocenters. The van der Waals surface area contributed by atoms with E-state index in [4.69, 9.17) is 10.7 Å². The highest BCUT2D eigenvalue weighted by molar-refractivity contribution is 9.08. The Labute approximate surface area is 99.2 Å². The van der Waals surface area contributed by atoms with E-state index in [9.17, 15) is 8.42 Å². The van der Waals surface area contributed by atoms with E-state index >= 15 is 0 Å². The molecule has 15 heavy (non-hydrogen) atoms. The van der Waals surface area contributed by atoms with Gasteiger partial charge < -0.3 is 0 Å². The molecule has 7 heteroatoms. The number of nitrogens with one attached hydrogen (secondary N) is 1. The summed E-state index contributed by atoms with van der Waals surface area (Å²) in [6.45, 7) is 0. The number of rotatable bonds is 2. The summed E-state index contributed by atoms with van der Waals surface area (Å²) in [4.78, 5) is 0.0836. The fourth-order valence-electron chi connectivity index (χ4n) is 1.30. The summed E-state index contributed by atoms with van der Waals surface area (Å²) >= 11 is 3.28. The molecule has 0 aliphatic carbocycles. The Kier molecular flexibility index (Phi) is 2.74. The van der Waals surface area contributed by atoms with E-state index in [2.05, 4.69) is 26.1 Å². The first kappa shape index (κ1) is 10.9. The zero-order chi connectivity index (χ0) is 11.1. The molecule has 0 spiro atoms. The standard InChI is InChI=1S/C8H6BrClN2O2S/c9-4-8-6-3-5(15(10,13)14)1-2-7(6)11-12-8/h1-3H,4H2,(H,11,12). The Balaban J connectivity index is 2.73. The number of nitrogens with zero attached hydrogens (tertiary/aromatic N) is 1. The van der Waals surface area contributed by atoms with Crippen molar-refractivity contribution < 1.29 is 8.42 Å². The van der Waals surface area contributed by atoms with Gasteiger partial charge in [-0.2, -0.15) is 5.10 Å². The fraction of sp³-hybridized carbons (Fsp3) is 0.125. The van der Waals surface area contributed by atoms with Crippen LogP contribution in [0, 0.1) is 0 Å². The minimum Gasteiger partial charge on any atom is -0.280 e. The number of fused-ring (bicyclic) bond motifs is 1. The molecule has 0 radical (unpaired) electrons. The van der Waals surface area contributed by atoms with Gasteiger partial charge in [-0.1, -0.05) is 15.9 Å². The van der Waals surface area contributed by atoms with Crippen LogP contribution < -0.4 is 0 Å². The van der Waals surface area contributed by atoms with E-state index in [1.165, 1.54) is 12.1 Å². The molecule has 0 unspecified atom stereocenters. The molecule has 1 aromatic carbocycles. The first-order valence-electron chi connectivity index (χ1n) is 4.00. The molecule has 2 aromatic rings. The molecule has 0 amide bonds. The van der Waals surface area contributed by atoms with Gasteiger partial charge in [0.15, 0.2) is 0 Å². The second-order valence-electron chi connectivity index (χ2n) is 2.95. The summed E-state index contributed by atoms with van der Waals surface area (Å²) in [6.07, 6.45) is 0. The van der Waals surface area contributed by atoms with Crippen molar-refractivity contribution in [3.8, 4) is 0 Å². The molecule has 1 N–H and O–H groups in total. The Morgan fingerprint density at radius 3 is 2.80 bits per heavy atom. The van der Waals surface area contributed by atoms with Crippen LogP contribution in [0.15, 0.2) is 23.1 Å². The molecule has 0 fully saturated rings. The van der Waals surface area contributed by atoms with Gasteiger partial charge in [0, 0.05) is 21.4 Å². The molecule has 0 aliphatic rings. The smallest absolute Gasteiger partial charge is 0.261 e. The van der Waals surface area contributed by atoms with Gasteiger partial charge in [-0.05, 0) is 18.2 Å². The average molecular weight is 310 g/mol. The Hall–Kier alpha value is -0.590. The van der Waals surface area contributed by atoms with Crippen molar-refractivity contribution in [1.82, 2.24) is 10.2 Å². The molecular weight excluding hydrogens is 304 g/mol. The van der Waals surface area contributed by atoms with Gasteiger partial charge in [0.2, 0.25) is 0 Å². The van der Waals surface area contributed by atoms with Gasteiger partial charge in [-0.3, -0.25) is 5.10 Å². The number of benzene rings is 1. The Bertz CT molecular complexity index is 608. The lowest BCUT2D eigenvalue weighted by Crippen LogP contribution is -1.89. The Morgan fingerprint density at radius 2 is 2.20 bits per heavy atom. The van der Waals surface area contributed by atoms with E-state index in [1.807, 2.05) is 0 Å². The first-order chi connectivity index (χ1) is 7.02. The molecule has 0 bridgehead atoms. The van der Waals surface area contributed by atoms with Crippen LogP contribution in [0.4, 0.5) is 0 Å². The van der Waals surface area contributed by atoms with Crippen LogP contribution in [-0.2, 0) is 14.4 Å². The first-order valence-corrected chi connectivity index (χ1v) is 7.43. The predicted molar refractivity (Wildman–Crippen MR) is 61.8 cm³/mol. The van der Waals surface area contributed by atoms with Crippen molar-refractivity contribution in [3.63, 3.8) is 0 Å². The predicted octanol–water partition coefficient (Wildman–Crippen LogP) is 2.39. The number of halogens is 2. The molecule has 1 aromatic heterocycles. The SMILES string of the molecule is O=S(=O)(Cl)c1ccc2n[nH]c(CBr)c2c1. The van der Waals surface area contributed by atoms with E-state index in [1.54, 1.807) is 6.07 Å². The van der Waals surface area contributed by atoms with E-state index in [0.29, 0.717) is 10.8 Å². The Morgan fingerprint density at radius 1 is 1.47 bits per heavy atom. The summed E-state index contributed by atoms with van der Waals surface area (Å²) in [5.41, 5.74) is 1.54. The van der Waals surface area contributed by atoms with Crippen molar-refractivity contribution in [3.05, 3.63) is 23.9 Å². The average Bonchev–Trinajstić information content (AvgIpc) is 2.57. The maximum absolute atomic E-state index is 11.1. The molecule has 0 saturated heterocycles. The van der Waals surface area contributed by atoms with Crippen molar-refractivity contribution in [1.29, 1.82) is 0 Å². The maximum atomic E-state index is 11.1. The zero-order valence-corrected chi connectivity index (χ0v) is 10.5. The monoisotopic (exact) mass is 308 g/mol. The molecular formula is C8H6BrClN2O2S. The number of aromatic nitrogens is 2. The molecule has 2 rings (SSSR count). The second-order valence-corrected chi connectivity index (χ2v) is 6.08. The van der Waals surface area contributed by atoms with Crippen molar-refractivity contribution in [2.45, 2.75) is 10.2 Å². The molecule has 80 valence electrons. The van der Waals surface area contributed by atoms with Gasteiger partial charge in [0.1, 0.15) is 0 Å². The zero-order valence-electron chi connectivity index (χ0n) is 7.37. The highest BCUT2D eigenvalue weighted by Gasteiger charge is 2.12. The number of alkyl halides is 1. The van der Waals surface area contributed by atoms with E-state index < -0.39 is 9.05 Å². The van der Waals surface area contributed by atoms with Crippen LogP contribution >= 0.6 is 26.6 Å². The van der Waals surface area contributed by atoms with Gasteiger partial charge in [0.05, 0.1) is 16.1 Å². The van der Waals surface area contributed by atoms with Gasteiger partial charge in [-0.25, -0.2) is 8.42 Å². The minimum atomic E-state index is -3.68. The number of H-pyrrole nitrogens is 1. The molecule has 0 saturated carbocycles. The number of aromatic amines is 1. The van der Waals surface area contributed by atoms with Gasteiger partial charge in [-0.15, -0.1) is 0 Å². The molecule has 1 heterocycles. The third-order valence-corrected chi connectivity index (χ3v) is 3.93. The third kappa shape index (κ3) is 2.02. The third-order valence-electron chi connectivity index (χ3n) is 2.02. The summed E-state index contributed by atoms with van der Waals surface area (Å²) in [5, 5.41) is 8.16. The quantitative estimate of drug-likeness (QED) is 0.684. The molecule has 0 aliphatic heterocycles. The van der Waals surface area contributed by atoms with Crippen LogP contribution in [0.5, 0.6) is 0 Å². The normalized spacial score (nSPS) is 12.1. The van der Waals surface area contributed by atoms with Crippen molar-refractivity contribution in [2.75, 3.05) is 0 Å². The van der Waals surface area contributed by atoms with E-state index in [0.717, 1.165) is 11.1 Å². The summed E-state index contributed by atoms with van der Waals surface area (Å²) in [5.74, 6) is 0. The van der Waals surface area contributed by atoms with E-state index in [-0.39, 0.29) is 4.90 Å². The van der Waals surface area contributed by atoms with Crippen LogP contribution in [0.2, 0.25) is 0 Å². The van der Waals surface area contributed by atoms with Crippen molar-refractivity contribution in [2.24, 2.45) is 0 Å². The summed E-state index contributed by atoms with van der Waals surface area (Å²) < 4.78 is 22.2. The van der Waals surface area contributed by atoms with Crippen molar-refractivity contribution >= 4 is 46.6 Å². The lowest BCUT2D eigenvalue weighted by Gasteiger charge is -1.96. The minimum absolute atomic E-state index is 0.0836. The van der Waals surface area contributed by atoms with Crippen LogP contribution in [0.3, 0.4) is 0 Å². The highest BCUT2D eigenvalue weighted by Crippen LogP contribution is 2.23. The van der Waals surface area contributed by atoms with Crippen LogP contribution in [0.25, 0.3) is 10.9 Å². The van der Waals surface area contributed by atoms with Crippen LogP contribution in [-0.4, -0.2) is 18.6 Å². The summed E-state index contributed by atoms with van der Waals surface area (Å²) in [7, 11) is 1.57. The fourth-order valence-corrected chi connectivity index (χ4v) is 2.50. The summed E-state index contributed by atoms with van der Waals surface area (Å²) in [6, 6.07) is 4.56. The lowest BCUT2D eigenvalue weighted by atomic mass is 10.2. The largest absolute Gasteiger partial charge is 0.280 e. The van der Waals surface area contributed by atoms with Gasteiger partial charge in [0.25, 0.3) is 9.05 Å².